The quantitative estimate of drug-likeness (QED) is 0.223. The number of hydrogen-bond donors (Lipinski definition) is 1. The molecule has 1 atom stereocenters. The third-order valence-electron chi connectivity index (χ3n) is 5.61. The Morgan fingerprint density at radius 3 is 2.29 bits per heavy atom. The van der Waals surface area contributed by atoms with Crippen LogP contribution in [-0.4, -0.2) is 66.5 Å². The van der Waals surface area contributed by atoms with Crippen LogP contribution in [0, 0.1) is 0 Å². The Balaban J connectivity index is 2.01. The van der Waals surface area contributed by atoms with Crippen molar-refractivity contribution in [2.75, 3.05) is 33.8 Å². The van der Waals surface area contributed by atoms with Gasteiger partial charge >= 0.3 is 0 Å². The number of aliphatic hydroxyl groups is 1. The first kappa shape index (κ1) is 26.0. The van der Waals surface area contributed by atoms with Crippen LogP contribution in [0.5, 0.6) is 11.5 Å². The molecule has 0 bridgehead atoms. The van der Waals surface area contributed by atoms with Crippen molar-refractivity contribution in [1.29, 1.82) is 0 Å². The molecule has 186 valence electrons. The molecule has 7 heteroatoms. The monoisotopic (exact) mass is 478 g/mol. The van der Waals surface area contributed by atoms with Crippen LogP contribution >= 0.6 is 0 Å². The Kier molecular flexibility index (Phi) is 8.71. The smallest absolute Gasteiger partial charge is 0.295 e. The lowest BCUT2D eigenvalue weighted by molar-refractivity contribution is -0.139. The SMILES string of the molecule is C=CCOc1ccc(C(O)=C2C(=O)C(=O)N(CCCN(C)C)[C@H]2c2ccc(OC(C)C)cc2)cc1. The van der Waals surface area contributed by atoms with Crippen molar-refractivity contribution in [2.45, 2.75) is 32.4 Å². The molecule has 1 fully saturated rings. The summed E-state index contributed by atoms with van der Waals surface area (Å²) in [6, 6.07) is 13.4. The van der Waals surface area contributed by atoms with Gasteiger partial charge in [0.15, 0.2) is 0 Å². The number of likely N-dealkylation sites (tertiary alicyclic amines) is 1. The van der Waals surface area contributed by atoms with Crippen molar-refractivity contribution in [3.05, 3.63) is 77.9 Å². The minimum Gasteiger partial charge on any atom is -0.507 e. The van der Waals surface area contributed by atoms with Crippen LogP contribution in [0.4, 0.5) is 0 Å². The van der Waals surface area contributed by atoms with Gasteiger partial charge in [-0.3, -0.25) is 9.59 Å². The number of amides is 1. The first-order valence-electron chi connectivity index (χ1n) is 11.8. The molecule has 0 radical (unpaired) electrons. The Morgan fingerprint density at radius 2 is 1.71 bits per heavy atom. The van der Waals surface area contributed by atoms with Gasteiger partial charge in [-0.2, -0.15) is 0 Å². The van der Waals surface area contributed by atoms with E-state index in [2.05, 4.69) is 6.58 Å². The maximum Gasteiger partial charge on any atom is 0.295 e. The summed E-state index contributed by atoms with van der Waals surface area (Å²) in [5.74, 6) is -0.192. The second-order valence-electron chi connectivity index (χ2n) is 9.01. The molecular formula is C28H34N2O5. The summed E-state index contributed by atoms with van der Waals surface area (Å²) in [5, 5.41) is 11.2. The molecule has 1 aliphatic heterocycles. The van der Waals surface area contributed by atoms with E-state index in [4.69, 9.17) is 9.47 Å². The number of nitrogens with zero attached hydrogens (tertiary/aromatic N) is 2. The highest BCUT2D eigenvalue weighted by Crippen LogP contribution is 2.40. The molecule has 7 nitrogen and oxygen atoms in total. The van der Waals surface area contributed by atoms with Crippen LogP contribution in [0.15, 0.2) is 66.8 Å². The molecule has 0 aromatic heterocycles. The third-order valence-corrected chi connectivity index (χ3v) is 5.61. The number of hydrogen-bond acceptors (Lipinski definition) is 6. The summed E-state index contributed by atoms with van der Waals surface area (Å²) >= 11 is 0. The van der Waals surface area contributed by atoms with E-state index in [1.807, 2.05) is 57.1 Å². The fourth-order valence-electron chi connectivity index (χ4n) is 4.04. The molecule has 1 heterocycles. The van der Waals surface area contributed by atoms with E-state index in [0.717, 1.165) is 12.1 Å². The van der Waals surface area contributed by atoms with Crippen LogP contribution in [0.25, 0.3) is 5.76 Å². The highest BCUT2D eigenvalue weighted by atomic mass is 16.5. The molecule has 1 aliphatic rings. The first-order valence-corrected chi connectivity index (χ1v) is 11.8. The molecular weight excluding hydrogens is 444 g/mol. The number of carbonyl (C=O) groups is 2. The van der Waals surface area contributed by atoms with Gasteiger partial charge in [-0.15, -0.1) is 0 Å². The second-order valence-corrected chi connectivity index (χ2v) is 9.01. The van der Waals surface area contributed by atoms with Crippen molar-refractivity contribution in [2.24, 2.45) is 0 Å². The molecule has 0 spiro atoms. The Labute approximate surface area is 207 Å². The fraction of sp³-hybridized carbons (Fsp3) is 0.357. The molecule has 1 saturated heterocycles. The van der Waals surface area contributed by atoms with Gasteiger partial charge in [-0.1, -0.05) is 24.8 Å². The number of Topliss-reactive ketones (excluding diaryl/α,β-unsaturated/α-hetero) is 1. The van der Waals surface area contributed by atoms with Crippen molar-refractivity contribution in [1.82, 2.24) is 9.80 Å². The Hall–Kier alpha value is -3.58. The van der Waals surface area contributed by atoms with Crippen molar-refractivity contribution in [3.8, 4) is 11.5 Å². The lowest BCUT2D eigenvalue weighted by Crippen LogP contribution is -2.32. The molecule has 0 unspecified atom stereocenters. The lowest BCUT2D eigenvalue weighted by Gasteiger charge is -2.26. The van der Waals surface area contributed by atoms with Gasteiger partial charge in [0.2, 0.25) is 0 Å². The maximum absolute atomic E-state index is 13.2. The van der Waals surface area contributed by atoms with Crippen LogP contribution in [0.3, 0.4) is 0 Å². The number of rotatable bonds is 11. The molecule has 1 amide bonds. The molecule has 1 N–H and O–H groups in total. The van der Waals surface area contributed by atoms with E-state index < -0.39 is 17.7 Å². The Bertz CT molecular complexity index is 1070. The van der Waals surface area contributed by atoms with Gasteiger partial charge in [0.1, 0.15) is 23.9 Å². The van der Waals surface area contributed by atoms with E-state index in [1.165, 1.54) is 0 Å². The number of benzene rings is 2. The van der Waals surface area contributed by atoms with E-state index in [9.17, 15) is 14.7 Å². The first-order chi connectivity index (χ1) is 16.7. The topological polar surface area (TPSA) is 79.3 Å². The predicted octanol–water partition coefficient (Wildman–Crippen LogP) is 4.41. The Morgan fingerprint density at radius 1 is 1.09 bits per heavy atom. The molecule has 2 aromatic rings. The van der Waals surface area contributed by atoms with Gasteiger partial charge in [-0.05, 0) is 82.9 Å². The molecule has 0 saturated carbocycles. The minimum absolute atomic E-state index is 0.0240. The van der Waals surface area contributed by atoms with E-state index in [1.54, 1.807) is 35.2 Å². The number of ether oxygens (including phenoxy) is 2. The third kappa shape index (κ3) is 6.31. The van der Waals surface area contributed by atoms with Crippen LogP contribution in [-0.2, 0) is 9.59 Å². The zero-order valence-electron chi connectivity index (χ0n) is 20.9. The van der Waals surface area contributed by atoms with Crippen molar-refractivity contribution < 1.29 is 24.2 Å². The second kappa shape index (κ2) is 11.7. The highest BCUT2D eigenvalue weighted by molar-refractivity contribution is 6.46. The summed E-state index contributed by atoms with van der Waals surface area (Å²) in [6.45, 7) is 9.04. The summed E-state index contributed by atoms with van der Waals surface area (Å²) < 4.78 is 11.2. The van der Waals surface area contributed by atoms with Crippen LogP contribution in [0.2, 0.25) is 0 Å². The number of ketones is 1. The largest absolute Gasteiger partial charge is 0.507 e. The van der Waals surface area contributed by atoms with Gasteiger partial charge in [0.25, 0.3) is 11.7 Å². The highest BCUT2D eigenvalue weighted by Gasteiger charge is 2.45. The average Bonchev–Trinajstić information content (AvgIpc) is 3.07. The van der Waals surface area contributed by atoms with Gasteiger partial charge in [0.05, 0.1) is 17.7 Å². The zero-order valence-corrected chi connectivity index (χ0v) is 20.9. The summed E-state index contributed by atoms with van der Waals surface area (Å²) in [6.07, 6.45) is 2.36. The molecule has 0 aliphatic carbocycles. The van der Waals surface area contributed by atoms with Gasteiger partial charge < -0.3 is 24.4 Å². The average molecular weight is 479 g/mol. The number of aliphatic hydroxyl groups excluding tert-OH is 1. The van der Waals surface area contributed by atoms with Gasteiger partial charge in [0, 0.05) is 12.1 Å². The predicted molar refractivity (Wildman–Crippen MR) is 137 cm³/mol. The maximum atomic E-state index is 13.2. The van der Waals surface area contributed by atoms with Crippen LogP contribution in [0.1, 0.15) is 37.4 Å². The number of carbonyl (C=O) groups excluding carboxylic acids is 2. The normalized spacial score (nSPS) is 17.3. The van der Waals surface area contributed by atoms with E-state index >= 15 is 0 Å². The van der Waals surface area contributed by atoms with E-state index in [0.29, 0.717) is 36.6 Å². The zero-order chi connectivity index (χ0) is 25.5. The standard InChI is InChI=1S/C28H34N2O5/c1-6-18-34-22-12-10-21(11-13-22)26(31)24-25(20-8-14-23(15-9-20)35-19(2)3)30(28(33)27(24)32)17-7-16-29(4)5/h6,8-15,19,25,31H,1,7,16-18H2,2-5H3/t25-/m0/s1. The summed E-state index contributed by atoms with van der Waals surface area (Å²) in [4.78, 5) is 29.8. The molecule has 2 aromatic carbocycles. The van der Waals surface area contributed by atoms with Gasteiger partial charge in [-0.25, -0.2) is 0 Å². The minimum atomic E-state index is -0.693. The van der Waals surface area contributed by atoms with Crippen LogP contribution < -0.4 is 9.47 Å². The molecule has 3 rings (SSSR count). The molecule has 35 heavy (non-hydrogen) atoms. The summed E-state index contributed by atoms with van der Waals surface area (Å²) in [5.41, 5.74) is 1.25. The summed E-state index contributed by atoms with van der Waals surface area (Å²) in [7, 11) is 3.92. The van der Waals surface area contributed by atoms with E-state index in [-0.39, 0.29) is 17.4 Å². The lowest BCUT2D eigenvalue weighted by atomic mass is 9.95. The fourth-order valence-corrected chi connectivity index (χ4v) is 4.04. The van der Waals surface area contributed by atoms with Crippen molar-refractivity contribution in [3.63, 3.8) is 0 Å². The van der Waals surface area contributed by atoms with Crippen molar-refractivity contribution >= 4 is 17.4 Å².